The van der Waals surface area contributed by atoms with Crippen molar-refractivity contribution in [2.24, 2.45) is 0 Å². The van der Waals surface area contributed by atoms with E-state index in [0.29, 0.717) is 19.3 Å². The minimum atomic E-state index is -0.338. The molecule has 2 heterocycles. The van der Waals surface area contributed by atoms with Gasteiger partial charge in [0, 0.05) is 24.1 Å². The summed E-state index contributed by atoms with van der Waals surface area (Å²) < 4.78 is 5.47. The summed E-state index contributed by atoms with van der Waals surface area (Å²) in [5.74, 6) is 0.227. The van der Waals surface area contributed by atoms with E-state index in [2.05, 4.69) is 16.8 Å². The normalized spacial score (nSPS) is 23.4. The van der Waals surface area contributed by atoms with Gasteiger partial charge < -0.3 is 10.1 Å². The first kappa shape index (κ1) is 13.1. The number of ether oxygens (including phenoxy) is 1. The summed E-state index contributed by atoms with van der Waals surface area (Å²) in [5.41, 5.74) is -0.338. The van der Waals surface area contributed by atoms with Crippen LogP contribution in [0.15, 0.2) is 17.5 Å². The first-order valence-corrected chi connectivity index (χ1v) is 8.12. The largest absolute Gasteiger partial charge is 0.381 e. The van der Waals surface area contributed by atoms with Crippen molar-refractivity contribution in [2.45, 2.75) is 50.0 Å². The maximum absolute atomic E-state index is 12.8. The Morgan fingerprint density at radius 3 is 2.68 bits per heavy atom. The monoisotopic (exact) mass is 279 g/mol. The smallest absolute Gasteiger partial charge is 0.231 e. The van der Waals surface area contributed by atoms with Gasteiger partial charge in [0.25, 0.3) is 0 Å². The SMILES string of the molecule is O=C(NC1CCCC1)C1(c2cccs2)CCOCC1. The van der Waals surface area contributed by atoms with Crippen molar-refractivity contribution >= 4 is 17.2 Å². The van der Waals surface area contributed by atoms with E-state index < -0.39 is 0 Å². The molecule has 2 fully saturated rings. The third-order valence-electron chi connectivity index (χ3n) is 4.46. The Morgan fingerprint density at radius 2 is 2.05 bits per heavy atom. The molecule has 2 aliphatic rings. The second-order valence-corrected chi connectivity index (χ2v) is 6.57. The van der Waals surface area contributed by atoms with Crippen LogP contribution in [0.25, 0.3) is 0 Å². The molecule has 104 valence electrons. The predicted molar refractivity (Wildman–Crippen MR) is 76.4 cm³/mol. The topological polar surface area (TPSA) is 38.3 Å². The highest BCUT2D eigenvalue weighted by atomic mass is 32.1. The average molecular weight is 279 g/mol. The number of rotatable bonds is 3. The van der Waals surface area contributed by atoms with Crippen LogP contribution in [-0.2, 0) is 14.9 Å². The Balaban J connectivity index is 1.80. The highest BCUT2D eigenvalue weighted by molar-refractivity contribution is 7.10. The molecule has 0 aromatic carbocycles. The molecule has 1 saturated carbocycles. The molecule has 4 heteroatoms. The Hall–Kier alpha value is -0.870. The lowest BCUT2D eigenvalue weighted by Gasteiger charge is -2.36. The van der Waals surface area contributed by atoms with Crippen molar-refractivity contribution in [1.29, 1.82) is 0 Å². The second-order valence-electron chi connectivity index (χ2n) is 5.63. The molecule has 1 saturated heterocycles. The van der Waals surface area contributed by atoms with Crippen molar-refractivity contribution in [3.8, 4) is 0 Å². The van der Waals surface area contributed by atoms with E-state index in [-0.39, 0.29) is 11.3 Å². The zero-order valence-electron chi connectivity index (χ0n) is 11.2. The van der Waals surface area contributed by atoms with Crippen LogP contribution in [0.5, 0.6) is 0 Å². The van der Waals surface area contributed by atoms with Crippen molar-refractivity contribution in [3.05, 3.63) is 22.4 Å². The summed E-state index contributed by atoms with van der Waals surface area (Å²) in [4.78, 5) is 14.0. The Bertz CT molecular complexity index is 417. The van der Waals surface area contributed by atoms with Crippen LogP contribution in [0.4, 0.5) is 0 Å². The van der Waals surface area contributed by atoms with Crippen molar-refractivity contribution < 1.29 is 9.53 Å². The molecule has 1 amide bonds. The molecule has 3 nitrogen and oxygen atoms in total. The molecule has 1 N–H and O–H groups in total. The van der Waals surface area contributed by atoms with Crippen molar-refractivity contribution in [1.82, 2.24) is 5.32 Å². The highest BCUT2D eigenvalue weighted by Crippen LogP contribution is 2.38. The van der Waals surface area contributed by atoms with E-state index in [1.165, 1.54) is 17.7 Å². The van der Waals surface area contributed by atoms with E-state index >= 15 is 0 Å². The Morgan fingerprint density at radius 1 is 1.32 bits per heavy atom. The van der Waals surface area contributed by atoms with Gasteiger partial charge in [0.05, 0.1) is 5.41 Å². The number of thiophene rings is 1. The maximum Gasteiger partial charge on any atom is 0.231 e. The van der Waals surface area contributed by atoms with Crippen LogP contribution in [0, 0.1) is 0 Å². The average Bonchev–Trinajstić information content (AvgIpc) is 3.12. The van der Waals surface area contributed by atoms with Crippen LogP contribution in [-0.4, -0.2) is 25.2 Å². The van der Waals surface area contributed by atoms with E-state index in [1.54, 1.807) is 11.3 Å². The van der Waals surface area contributed by atoms with Crippen LogP contribution in [0.2, 0.25) is 0 Å². The fraction of sp³-hybridized carbons (Fsp3) is 0.667. The third kappa shape index (κ3) is 2.56. The summed E-state index contributed by atoms with van der Waals surface area (Å²) in [5, 5.41) is 5.35. The number of hydrogen-bond donors (Lipinski definition) is 1. The Labute approximate surface area is 118 Å². The summed E-state index contributed by atoms with van der Waals surface area (Å²) >= 11 is 1.70. The lowest BCUT2D eigenvalue weighted by molar-refractivity contribution is -0.131. The van der Waals surface area contributed by atoms with E-state index in [4.69, 9.17) is 4.74 Å². The molecule has 0 unspecified atom stereocenters. The summed E-state index contributed by atoms with van der Waals surface area (Å²) in [6.45, 7) is 1.38. The molecule has 19 heavy (non-hydrogen) atoms. The quantitative estimate of drug-likeness (QED) is 0.924. The summed E-state index contributed by atoms with van der Waals surface area (Å²) in [7, 11) is 0. The predicted octanol–water partition coefficient (Wildman–Crippen LogP) is 2.86. The van der Waals surface area contributed by atoms with E-state index in [9.17, 15) is 4.79 Å². The third-order valence-corrected chi connectivity index (χ3v) is 5.54. The molecule has 1 aromatic heterocycles. The molecular formula is C15H21NO2S. The standard InChI is InChI=1S/C15H21NO2S/c17-14(16-12-4-1-2-5-12)15(7-9-18-10-8-15)13-6-3-11-19-13/h3,6,11-12H,1-2,4-5,7-10H2,(H,16,17). The zero-order chi connectivity index (χ0) is 13.1. The number of carbonyl (C=O) groups excluding carboxylic acids is 1. The molecule has 1 aromatic rings. The summed E-state index contributed by atoms with van der Waals surface area (Å²) in [6.07, 6.45) is 6.41. The van der Waals surface area contributed by atoms with Gasteiger partial charge in [-0.25, -0.2) is 0 Å². The Kier molecular flexibility index (Phi) is 3.89. The number of amides is 1. The first-order valence-electron chi connectivity index (χ1n) is 7.24. The highest BCUT2D eigenvalue weighted by Gasteiger charge is 2.43. The van der Waals surface area contributed by atoms with E-state index in [1.807, 2.05) is 6.07 Å². The van der Waals surface area contributed by atoms with Crippen molar-refractivity contribution in [2.75, 3.05) is 13.2 Å². The van der Waals surface area contributed by atoms with E-state index in [0.717, 1.165) is 25.7 Å². The van der Waals surface area contributed by atoms with Crippen LogP contribution in [0.3, 0.4) is 0 Å². The van der Waals surface area contributed by atoms with Gasteiger partial charge in [-0.3, -0.25) is 4.79 Å². The lowest BCUT2D eigenvalue weighted by atomic mass is 9.77. The maximum atomic E-state index is 12.8. The zero-order valence-corrected chi connectivity index (χ0v) is 12.0. The summed E-state index contributed by atoms with van der Waals surface area (Å²) in [6, 6.07) is 4.54. The molecular weight excluding hydrogens is 258 g/mol. The van der Waals surface area contributed by atoms with Crippen molar-refractivity contribution in [3.63, 3.8) is 0 Å². The number of nitrogens with one attached hydrogen (secondary N) is 1. The van der Waals surface area contributed by atoms with Gasteiger partial charge in [-0.05, 0) is 37.1 Å². The van der Waals surface area contributed by atoms with Crippen LogP contribution < -0.4 is 5.32 Å². The molecule has 0 atom stereocenters. The lowest BCUT2D eigenvalue weighted by Crippen LogP contribution is -2.50. The second kappa shape index (κ2) is 5.63. The molecule has 3 rings (SSSR count). The fourth-order valence-electron chi connectivity index (χ4n) is 3.25. The van der Waals surface area contributed by atoms with Gasteiger partial charge >= 0.3 is 0 Å². The van der Waals surface area contributed by atoms with Crippen LogP contribution in [0.1, 0.15) is 43.4 Å². The van der Waals surface area contributed by atoms with Gasteiger partial charge in [-0.1, -0.05) is 18.9 Å². The van der Waals surface area contributed by atoms with Gasteiger partial charge in [-0.2, -0.15) is 0 Å². The van der Waals surface area contributed by atoms with Crippen LogP contribution >= 0.6 is 11.3 Å². The minimum Gasteiger partial charge on any atom is -0.381 e. The first-order chi connectivity index (χ1) is 9.31. The van der Waals surface area contributed by atoms with Gasteiger partial charge in [-0.15, -0.1) is 11.3 Å². The minimum absolute atomic E-state index is 0.227. The molecule has 1 aliphatic carbocycles. The van der Waals surface area contributed by atoms with Gasteiger partial charge in [0.1, 0.15) is 0 Å². The number of hydrogen-bond acceptors (Lipinski definition) is 3. The molecule has 0 spiro atoms. The van der Waals surface area contributed by atoms with Gasteiger partial charge in [0.2, 0.25) is 5.91 Å². The van der Waals surface area contributed by atoms with Gasteiger partial charge in [0.15, 0.2) is 0 Å². The molecule has 0 bridgehead atoms. The fourth-order valence-corrected chi connectivity index (χ4v) is 4.23. The number of carbonyl (C=O) groups is 1. The molecule has 1 aliphatic heterocycles. The molecule has 0 radical (unpaired) electrons.